The average molecular weight is 283 g/mol. The first-order valence-electron chi connectivity index (χ1n) is 4.38. The molecule has 1 aromatic carbocycles. The molecule has 0 aliphatic rings. The van der Waals surface area contributed by atoms with Gasteiger partial charge in [-0.1, -0.05) is 22.9 Å². The normalized spacial score (nSPS) is 9.64. The molecule has 4 heteroatoms. The Morgan fingerprint density at radius 1 is 1.43 bits per heavy atom. The summed E-state index contributed by atoms with van der Waals surface area (Å²) in [5.74, 6) is -0.172. The van der Waals surface area contributed by atoms with Crippen molar-refractivity contribution < 1.29 is 4.39 Å². The van der Waals surface area contributed by atoms with Crippen molar-refractivity contribution in [3.05, 3.63) is 34.1 Å². The predicted octanol–water partition coefficient (Wildman–Crippen LogP) is 3.16. The number of rotatable bonds is 4. The van der Waals surface area contributed by atoms with Crippen LogP contribution in [0.2, 0.25) is 0 Å². The summed E-state index contributed by atoms with van der Waals surface area (Å²) in [5.41, 5.74) is 1.01. The van der Waals surface area contributed by atoms with Crippen molar-refractivity contribution in [2.24, 2.45) is 0 Å². The third-order valence-electron chi connectivity index (χ3n) is 1.83. The summed E-state index contributed by atoms with van der Waals surface area (Å²) in [4.78, 5) is 0. The first-order chi connectivity index (χ1) is 6.24. The molecule has 0 bridgehead atoms. The molecule has 1 aromatic rings. The lowest BCUT2D eigenvalue weighted by atomic mass is 10.1. The molecule has 1 rings (SSSR count). The van der Waals surface area contributed by atoms with E-state index >= 15 is 0 Å². The van der Waals surface area contributed by atoms with E-state index < -0.39 is 0 Å². The molecule has 0 unspecified atom stereocenters. The quantitative estimate of drug-likeness (QED) is 0.837. The van der Waals surface area contributed by atoms with Crippen LogP contribution in [-0.4, -0.2) is 13.1 Å². The second-order valence-electron chi connectivity index (χ2n) is 2.84. The van der Waals surface area contributed by atoms with E-state index in [1.807, 2.05) is 0 Å². The van der Waals surface area contributed by atoms with Gasteiger partial charge in [-0.15, -0.1) is 12.4 Å². The van der Waals surface area contributed by atoms with Crippen molar-refractivity contribution in [3.8, 4) is 0 Å². The van der Waals surface area contributed by atoms with Crippen molar-refractivity contribution in [3.63, 3.8) is 0 Å². The molecule has 0 fully saturated rings. The van der Waals surface area contributed by atoms with Crippen LogP contribution in [0.3, 0.4) is 0 Å². The van der Waals surface area contributed by atoms with E-state index in [0.29, 0.717) is 0 Å². The van der Waals surface area contributed by atoms with Gasteiger partial charge in [0.2, 0.25) is 0 Å². The topological polar surface area (TPSA) is 12.0 Å². The number of hydrogen-bond acceptors (Lipinski definition) is 1. The maximum atomic E-state index is 12.8. The Morgan fingerprint density at radius 2 is 2.14 bits per heavy atom. The molecule has 0 aromatic heterocycles. The molecule has 14 heavy (non-hydrogen) atoms. The van der Waals surface area contributed by atoms with Crippen molar-refractivity contribution in [1.82, 2.24) is 5.32 Å². The lowest BCUT2D eigenvalue weighted by Gasteiger charge is -2.04. The molecule has 0 heterocycles. The molecule has 80 valence electrons. The summed E-state index contributed by atoms with van der Waals surface area (Å²) in [6.45, 7) is 3.89. The zero-order chi connectivity index (χ0) is 9.68. The molecule has 0 saturated heterocycles. The molecular formula is C10H14BrClFN. The minimum atomic E-state index is -0.172. The highest BCUT2D eigenvalue weighted by Gasteiger charge is 2.00. The molecular weight excluding hydrogens is 268 g/mol. The Hall–Kier alpha value is -0.120. The van der Waals surface area contributed by atoms with Crippen LogP contribution in [-0.2, 0) is 6.42 Å². The summed E-state index contributed by atoms with van der Waals surface area (Å²) >= 11 is 3.39. The Morgan fingerprint density at radius 3 is 2.79 bits per heavy atom. The van der Waals surface area contributed by atoms with Gasteiger partial charge in [-0.2, -0.15) is 0 Å². The summed E-state index contributed by atoms with van der Waals surface area (Å²) in [7, 11) is 0. The van der Waals surface area contributed by atoms with Crippen molar-refractivity contribution >= 4 is 28.3 Å². The van der Waals surface area contributed by atoms with E-state index in [1.165, 1.54) is 6.07 Å². The predicted molar refractivity (Wildman–Crippen MR) is 63.6 cm³/mol. The Balaban J connectivity index is 0.00000169. The monoisotopic (exact) mass is 281 g/mol. The molecule has 0 radical (unpaired) electrons. The number of benzene rings is 1. The molecule has 0 spiro atoms. The van der Waals surface area contributed by atoms with Crippen LogP contribution >= 0.6 is 28.3 Å². The average Bonchev–Trinajstić information content (AvgIpc) is 2.11. The summed E-state index contributed by atoms with van der Waals surface area (Å²) in [6.07, 6.45) is 0.853. The summed E-state index contributed by atoms with van der Waals surface area (Å²) < 4.78 is 13.8. The van der Waals surface area contributed by atoms with Gasteiger partial charge in [0.15, 0.2) is 0 Å². The summed E-state index contributed by atoms with van der Waals surface area (Å²) in [5, 5.41) is 3.20. The number of likely N-dealkylation sites (N-methyl/N-ethyl adjacent to an activating group) is 1. The van der Waals surface area contributed by atoms with Gasteiger partial charge >= 0.3 is 0 Å². The highest BCUT2D eigenvalue weighted by atomic mass is 79.9. The number of hydrogen-bond donors (Lipinski definition) is 1. The Kier molecular flexibility index (Phi) is 7.15. The third kappa shape index (κ3) is 4.40. The standard InChI is InChI=1S/C10H13BrFN.ClH/c1-2-13-6-5-8-7-9(12)3-4-10(8)11;/h3-4,7,13H,2,5-6H2,1H3;1H. The van der Waals surface area contributed by atoms with E-state index in [-0.39, 0.29) is 18.2 Å². The fraction of sp³-hybridized carbons (Fsp3) is 0.400. The SMILES string of the molecule is CCNCCc1cc(F)ccc1Br.Cl. The van der Waals surface area contributed by atoms with Gasteiger partial charge in [-0.05, 0) is 43.3 Å². The maximum Gasteiger partial charge on any atom is 0.123 e. The first-order valence-corrected chi connectivity index (χ1v) is 5.18. The minimum Gasteiger partial charge on any atom is -0.317 e. The van der Waals surface area contributed by atoms with Crippen LogP contribution < -0.4 is 5.32 Å². The van der Waals surface area contributed by atoms with Crippen LogP contribution in [0, 0.1) is 5.82 Å². The smallest absolute Gasteiger partial charge is 0.123 e. The van der Waals surface area contributed by atoms with E-state index in [9.17, 15) is 4.39 Å². The van der Waals surface area contributed by atoms with E-state index in [1.54, 1.807) is 12.1 Å². The van der Waals surface area contributed by atoms with Crippen molar-refractivity contribution in [2.45, 2.75) is 13.3 Å². The van der Waals surface area contributed by atoms with Crippen LogP contribution in [0.4, 0.5) is 4.39 Å². The van der Waals surface area contributed by atoms with Crippen molar-refractivity contribution in [1.29, 1.82) is 0 Å². The lowest BCUT2D eigenvalue weighted by Crippen LogP contribution is -2.16. The van der Waals surface area contributed by atoms with Crippen LogP contribution in [0.25, 0.3) is 0 Å². The van der Waals surface area contributed by atoms with Gasteiger partial charge in [0, 0.05) is 4.47 Å². The zero-order valence-corrected chi connectivity index (χ0v) is 10.4. The van der Waals surface area contributed by atoms with Gasteiger partial charge < -0.3 is 5.32 Å². The number of halogens is 3. The highest BCUT2D eigenvalue weighted by Crippen LogP contribution is 2.17. The lowest BCUT2D eigenvalue weighted by molar-refractivity contribution is 0.623. The highest BCUT2D eigenvalue weighted by molar-refractivity contribution is 9.10. The molecule has 0 saturated carbocycles. The fourth-order valence-electron chi connectivity index (χ4n) is 1.13. The van der Waals surface area contributed by atoms with Crippen LogP contribution in [0.15, 0.2) is 22.7 Å². The minimum absolute atomic E-state index is 0. The van der Waals surface area contributed by atoms with Gasteiger partial charge in [0.1, 0.15) is 5.82 Å². The third-order valence-corrected chi connectivity index (χ3v) is 2.60. The second-order valence-corrected chi connectivity index (χ2v) is 3.69. The van der Waals surface area contributed by atoms with Crippen LogP contribution in [0.5, 0.6) is 0 Å². The molecule has 1 N–H and O–H groups in total. The van der Waals surface area contributed by atoms with Crippen LogP contribution in [0.1, 0.15) is 12.5 Å². The molecule has 0 atom stereocenters. The Labute approximate surface area is 98.6 Å². The maximum absolute atomic E-state index is 12.8. The largest absolute Gasteiger partial charge is 0.317 e. The van der Waals surface area contributed by atoms with Gasteiger partial charge in [0.25, 0.3) is 0 Å². The second kappa shape index (κ2) is 7.21. The van der Waals surface area contributed by atoms with Gasteiger partial charge in [-0.25, -0.2) is 4.39 Å². The molecule has 0 aliphatic carbocycles. The number of nitrogens with one attached hydrogen (secondary N) is 1. The van der Waals surface area contributed by atoms with E-state index in [0.717, 1.165) is 29.5 Å². The zero-order valence-electron chi connectivity index (χ0n) is 8.02. The Bertz CT molecular complexity index is 281. The van der Waals surface area contributed by atoms with Gasteiger partial charge in [0.05, 0.1) is 0 Å². The van der Waals surface area contributed by atoms with E-state index in [2.05, 4.69) is 28.2 Å². The summed E-state index contributed by atoms with van der Waals surface area (Å²) in [6, 6.07) is 4.78. The molecule has 0 amide bonds. The van der Waals surface area contributed by atoms with Gasteiger partial charge in [-0.3, -0.25) is 0 Å². The van der Waals surface area contributed by atoms with Crippen molar-refractivity contribution in [2.75, 3.05) is 13.1 Å². The molecule has 0 aliphatic heterocycles. The molecule has 1 nitrogen and oxygen atoms in total. The fourth-order valence-corrected chi connectivity index (χ4v) is 1.58. The van der Waals surface area contributed by atoms with E-state index in [4.69, 9.17) is 0 Å². The first kappa shape index (κ1) is 13.9.